The predicted octanol–water partition coefficient (Wildman–Crippen LogP) is 2.26. The predicted molar refractivity (Wildman–Crippen MR) is 83.9 cm³/mol. The van der Waals surface area contributed by atoms with Crippen molar-refractivity contribution in [3.63, 3.8) is 0 Å². The number of anilines is 2. The number of nitrogens with two attached hydrogens (primary N) is 2. The Morgan fingerprint density at radius 2 is 1.70 bits per heavy atom. The van der Waals surface area contributed by atoms with Gasteiger partial charge in [0.1, 0.15) is 0 Å². The third-order valence-electron chi connectivity index (χ3n) is 3.59. The highest BCUT2D eigenvalue weighted by Crippen LogP contribution is 2.25. The van der Waals surface area contributed by atoms with E-state index in [-0.39, 0.29) is 4.90 Å². The molecule has 20 heavy (non-hydrogen) atoms. The molecule has 0 aromatic heterocycles. The number of nitrogens with one attached hydrogen (secondary N) is 1. The fourth-order valence-corrected chi connectivity index (χ4v) is 2.90. The Bertz CT molecular complexity index is 546. The quantitative estimate of drug-likeness (QED) is 0.702. The lowest BCUT2D eigenvalue weighted by molar-refractivity contribution is 0.304. The fourth-order valence-electron chi connectivity index (χ4n) is 2.35. The standard InChI is InChI=1S/C14H25N3O2S/c1-9(2)12(10(3)4)8-17-14-6-5-11(7-13(14)15)20(16,18)19/h5-7,9-10,12,17H,8,15H2,1-4H3,(H2,16,18,19). The van der Waals surface area contributed by atoms with E-state index in [0.717, 1.165) is 12.2 Å². The number of nitrogen functional groups attached to an aromatic ring is 1. The summed E-state index contributed by atoms with van der Waals surface area (Å²) in [4.78, 5) is 0.0322. The van der Waals surface area contributed by atoms with E-state index in [4.69, 9.17) is 10.9 Å². The van der Waals surface area contributed by atoms with E-state index in [9.17, 15) is 8.42 Å². The molecule has 0 atom stereocenters. The van der Waals surface area contributed by atoms with Gasteiger partial charge >= 0.3 is 0 Å². The zero-order chi connectivity index (χ0) is 15.5. The Kier molecular flexibility index (Phi) is 5.42. The lowest BCUT2D eigenvalue weighted by Crippen LogP contribution is -2.24. The van der Waals surface area contributed by atoms with Crippen molar-refractivity contribution in [3.8, 4) is 0 Å². The van der Waals surface area contributed by atoms with Crippen LogP contribution in [0.4, 0.5) is 11.4 Å². The second kappa shape index (κ2) is 6.45. The van der Waals surface area contributed by atoms with Gasteiger partial charge in [-0.25, -0.2) is 13.6 Å². The molecular weight excluding hydrogens is 274 g/mol. The van der Waals surface area contributed by atoms with Crippen LogP contribution in [-0.4, -0.2) is 15.0 Å². The minimum Gasteiger partial charge on any atom is -0.397 e. The van der Waals surface area contributed by atoms with Gasteiger partial charge in [0.15, 0.2) is 0 Å². The second-order valence-corrected chi connectivity index (χ2v) is 7.39. The van der Waals surface area contributed by atoms with Crippen molar-refractivity contribution in [1.29, 1.82) is 0 Å². The average Bonchev–Trinajstić information content (AvgIpc) is 2.28. The van der Waals surface area contributed by atoms with Crippen molar-refractivity contribution in [2.45, 2.75) is 32.6 Å². The van der Waals surface area contributed by atoms with Gasteiger partial charge in [-0.2, -0.15) is 0 Å². The van der Waals surface area contributed by atoms with E-state index in [0.29, 0.717) is 23.4 Å². The lowest BCUT2D eigenvalue weighted by Gasteiger charge is -2.26. The number of hydrogen-bond acceptors (Lipinski definition) is 4. The smallest absolute Gasteiger partial charge is 0.238 e. The van der Waals surface area contributed by atoms with Gasteiger partial charge in [-0.1, -0.05) is 27.7 Å². The second-order valence-electron chi connectivity index (χ2n) is 5.83. The zero-order valence-electron chi connectivity index (χ0n) is 12.6. The molecule has 0 saturated heterocycles. The maximum atomic E-state index is 11.2. The Labute approximate surface area is 121 Å². The highest BCUT2D eigenvalue weighted by molar-refractivity contribution is 7.89. The maximum Gasteiger partial charge on any atom is 0.238 e. The van der Waals surface area contributed by atoms with Gasteiger partial charge in [0.05, 0.1) is 16.3 Å². The molecule has 0 aliphatic carbocycles. The summed E-state index contributed by atoms with van der Waals surface area (Å²) in [7, 11) is -3.71. The monoisotopic (exact) mass is 299 g/mol. The van der Waals surface area contributed by atoms with Crippen LogP contribution in [-0.2, 0) is 10.0 Å². The first-order valence-corrected chi connectivity index (χ1v) is 8.33. The largest absolute Gasteiger partial charge is 0.397 e. The Hall–Kier alpha value is -1.27. The first-order chi connectivity index (χ1) is 9.12. The molecule has 5 N–H and O–H groups in total. The third kappa shape index (κ3) is 4.38. The van der Waals surface area contributed by atoms with Crippen LogP contribution >= 0.6 is 0 Å². The van der Waals surface area contributed by atoms with Gasteiger partial charge in [-0.05, 0) is 36.0 Å². The fraction of sp³-hybridized carbons (Fsp3) is 0.571. The molecule has 6 heteroatoms. The molecular formula is C14H25N3O2S. The number of benzene rings is 1. The minimum atomic E-state index is -3.71. The number of rotatable bonds is 6. The highest BCUT2D eigenvalue weighted by Gasteiger charge is 2.17. The summed E-state index contributed by atoms with van der Waals surface area (Å²) in [6.45, 7) is 9.58. The number of hydrogen-bond donors (Lipinski definition) is 3. The summed E-state index contributed by atoms with van der Waals surface area (Å²) >= 11 is 0. The molecule has 0 amide bonds. The SMILES string of the molecule is CC(C)C(CNc1ccc(S(N)(=O)=O)cc1N)C(C)C. The molecule has 1 aromatic rings. The lowest BCUT2D eigenvalue weighted by atomic mass is 9.85. The molecule has 0 spiro atoms. The van der Waals surface area contributed by atoms with E-state index in [1.807, 2.05) is 0 Å². The van der Waals surface area contributed by atoms with Gasteiger partial charge in [0.25, 0.3) is 0 Å². The molecule has 0 aliphatic rings. The Morgan fingerprint density at radius 3 is 2.10 bits per heavy atom. The highest BCUT2D eigenvalue weighted by atomic mass is 32.2. The van der Waals surface area contributed by atoms with E-state index in [1.165, 1.54) is 12.1 Å². The summed E-state index contributed by atoms with van der Waals surface area (Å²) in [6.07, 6.45) is 0. The molecule has 1 rings (SSSR count). The molecule has 0 radical (unpaired) electrons. The zero-order valence-corrected chi connectivity index (χ0v) is 13.4. The topological polar surface area (TPSA) is 98.2 Å². The van der Waals surface area contributed by atoms with Gasteiger partial charge in [0.2, 0.25) is 10.0 Å². The van der Waals surface area contributed by atoms with Gasteiger partial charge in [0, 0.05) is 6.54 Å². The van der Waals surface area contributed by atoms with Crippen molar-refractivity contribution in [2.24, 2.45) is 22.9 Å². The summed E-state index contributed by atoms with van der Waals surface area (Å²) in [5.41, 5.74) is 7.00. The van der Waals surface area contributed by atoms with Crippen LogP contribution in [0.15, 0.2) is 23.1 Å². The van der Waals surface area contributed by atoms with E-state index in [1.54, 1.807) is 6.07 Å². The summed E-state index contributed by atoms with van der Waals surface area (Å²) in [5, 5.41) is 8.37. The van der Waals surface area contributed by atoms with E-state index < -0.39 is 10.0 Å². The van der Waals surface area contributed by atoms with Crippen LogP contribution in [0.3, 0.4) is 0 Å². The Morgan fingerprint density at radius 1 is 1.15 bits per heavy atom. The Balaban J connectivity index is 2.84. The number of primary sulfonamides is 1. The van der Waals surface area contributed by atoms with Crippen LogP contribution in [0.1, 0.15) is 27.7 Å². The molecule has 0 heterocycles. The molecule has 5 nitrogen and oxygen atoms in total. The van der Waals surface area contributed by atoms with Crippen molar-refractivity contribution < 1.29 is 8.42 Å². The normalized spacial score (nSPS) is 12.4. The molecule has 0 bridgehead atoms. The molecule has 0 fully saturated rings. The van der Waals surface area contributed by atoms with Crippen LogP contribution < -0.4 is 16.2 Å². The summed E-state index contributed by atoms with van der Waals surface area (Å²) in [6, 6.07) is 4.51. The van der Waals surface area contributed by atoms with Gasteiger partial charge in [-0.3, -0.25) is 0 Å². The molecule has 0 saturated carbocycles. The minimum absolute atomic E-state index is 0.0322. The molecule has 114 valence electrons. The van der Waals surface area contributed by atoms with E-state index in [2.05, 4.69) is 33.0 Å². The van der Waals surface area contributed by atoms with Crippen molar-refractivity contribution in [2.75, 3.05) is 17.6 Å². The van der Waals surface area contributed by atoms with Gasteiger partial charge < -0.3 is 11.1 Å². The maximum absolute atomic E-state index is 11.2. The van der Waals surface area contributed by atoms with Crippen molar-refractivity contribution in [1.82, 2.24) is 0 Å². The van der Waals surface area contributed by atoms with Crippen LogP contribution in [0, 0.1) is 17.8 Å². The molecule has 1 aromatic carbocycles. The third-order valence-corrected chi connectivity index (χ3v) is 4.50. The molecule has 0 unspecified atom stereocenters. The van der Waals surface area contributed by atoms with E-state index >= 15 is 0 Å². The van der Waals surface area contributed by atoms with Crippen LogP contribution in [0.25, 0.3) is 0 Å². The van der Waals surface area contributed by atoms with Crippen molar-refractivity contribution >= 4 is 21.4 Å². The summed E-state index contributed by atoms with van der Waals surface area (Å²) in [5.74, 6) is 1.65. The molecule has 0 aliphatic heterocycles. The van der Waals surface area contributed by atoms with Crippen LogP contribution in [0.2, 0.25) is 0 Å². The van der Waals surface area contributed by atoms with Crippen molar-refractivity contribution in [3.05, 3.63) is 18.2 Å². The number of sulfonamides is 1. The first-order valence-electron chi connectivity index (χ1n) is 6.79. The van der Waals surface area contributed by atoms with Gasteiger partial charge in [-0.15, -0.1) is 0 Å². The first kappa shape index (κ1) is 16.8. The average molecular weight is 299 g/mol. The summed E-state index contributed by atoms with van der Waals surface area (Å²) < 4.78 is 22.5. The van der Waals surface area contributed by atoms with Crippen LogP contribution in [0.5, 0.6) is 0 Å².